The molecule has 0 spiro atoms. The van der Waals surface area contributed by atoms with Gasteiger partial charge in [-0.2, -0.15) is 0 Å². The highest BCUT2D eigenvalue weighted by molar-refractivity contribution is 5.76. The van der Waals surface area contributed by atoms with Crippen LogP contribution in [0.15, 0.2) is 48.2 Å². The molecule has 2 rings (SSSR count). The van der Waals surface area contributed by atoms with Crippen LogP contribution in [0.2, 0.25) is 0 Å². The predicted molar refractivity (Wildman–Crippen MR) is 60.4 cm³/mol. The van der Waals surface area contributed by atoms with Gasteiger partial charge in [-0.25, -0.2) is 0 Å². The van der Waals surface area contributed by atoms with Crippen LogP contribution in [-0.4, -0.2) is 10.8 Å². The molecule has 0 radical (unpaired) electrons. The monoisotopic (exact) mass is 202 g/mol. The van der Waals surface area contributed by atoms with Crippen LogP contribution in [0.4, 0.5) is 0 Å². The fourth-order valence-electron chi connectivity index (χ4n) is 1.82. The van der Waals surface area contributed by atoms with Crippen molar-refractivity contribution < 1.29 is 5.11 Å². The number of aliphatic hydroxyl groups is 1. The van der Waals surface area contributed by atoms with Gasteiger partial charge in [0, 0.05) is 17.7 Å². The van der Waals surface area contributed by atoms with Crippen molar-refractivity contribution in [3.8, 4) is 0 Å². The SMILES string of the molecule is NC1=C(c2ccccc2)C(N)(O)CC=C1. The van der Waals surface area contributed by atoms with Crippen LogP contribution in [0.3, 0.4) is 0 Å². The molecule has 1 atom stereocenters. The highest BCUT2D eigenvalue weighted by Gasteiger charge is 2.30. The van der Waals surface area contributed by atoms with E-state index in [1.54, 1.807) is 12.2 Å². The number of nitrogens with two attached hydrogens (primary N) is 2. The van der Waals surface area contributed by atoms with Gasteiger partial charge in [-0.3, -0.25) is 5.73 Å². The molecular formula is C12H14N2O. The van der Waals surface area contributed by atoms with Gasteiger partial charge >= 0.3 is 0 Å². The van der Waals surface area contributed by atoms with Gasteiger partial charge < -0.3 is 10.8 Å². The first-order chi connectivity index (χ1) is 7.11. The van der Waals surface area contributed by atoms with Crippen molar-refractivity contribution in [2.75, 3.05) is 0 Å². The Balaban J connectivity index is 2.54. The highest BCUT2D eigenvalue weighted by atomic mass is 16.3. The molecule has 1 aromatic carbocycles. The molecule has 78 valence electrons. The summed E-state index contributed by atoms with van der Waals surface area (Å²) in [5, 5.41) is 10.0. The van der Waals surface area contributed by atoms with Crippen molar-refractivity contribution in [1.82, 2.24) is 0 Å². The molecule has 0 saturated carbocycles. The molecule has 5 N–H and O–H groups in total. The van der Waals surface area contributed by atoms with Crippen LogP contribution in [0.5, 0.6) is 0 Å². The molecule has 0 bridgehead atoms. The second kappa shape index (κ2) is 3.53. The van der Waals surface area contributed by atoms with E-state index in [0.717, 1.165) is 5.56 Å². The molecular weight excluding hydrogens is 188 g/mol. The minimum Gasteiger partial charge on any atom is -0.398 e. The third-order valence-corrected chi connectivity index (χ3v) is 2.51. The van der Waals surface area contributed by atoms with Crippen LogP contribution in [0.25, 0.3) is 5.57 Å². The van der Waals surface area contributed by atoms with Gasteiger partial charge in [-0.05, 0) is 11.6 Å². The third-order valence-electron chi connectivity index (χ3n) is 2.51. The topological polar surface area (TPSA) is 72.3 Å². The standard InChI is InChI=1S/C12H14N2O/c13-10-7-4-8-12(14,15)11(10)9-5-2-1-3-6-9/h1-7,15H,8,13-14H2. The highest BCUT2D eigenvalue weighted by Crippen LogP contribution is 2.31. The maximum Gasteiger partial charge on any atom is 0.145 e. The summed E-state index contributed by atoms with van der Waals surface area (Å²) in [5.74, 6) is 0. The number of hydrogen-bond acceptors (Lipinski definition) is 3. The Bertz CT molecular complexity index is 419. The quantitative estimate of drug-likeness (QED) is 0.594. The van der Waals surface area contributed by atoms with Crippen molar-refractivity contribution in [2.45, 2.75) is 12.1 Å². The molecule has 1 unspecified atom stereocenters. The summed E-state index contributed by atoms with van der Waals surface area (Å²) >= 11 is 0. The lowest BCUT2D eigenvalue weighted by Crippen LogP contribution is -2.42. The van der Waals surface area contributed by atoms with E-state index in [9.17, 15) is 5.11 Å². The Morgan fingerprint density at radius 2 is 1.87 bits per heavy atom. The fraction of sp³-hybridized carbons (Fsp3) is 0.167. The van der Waals surface area contributed by atoms with Crippen LogP contribution >= 0.6 is 0 Å². The first-order valence-corrected chi connectivity index (χ1v) is 4.85. The lowest BCUT2D eigenvalue weighted by atomic mass is 9.88. The first kappa shape index (κ1) is 9.96. The number of hydrogen-bond donors (Lipinski definition) is 3. The Morgan fingerprint density at radius 3 is 2.47 bits per heavy atom. The average Bonchev–Trinajstić information content (AvgIpc) is 2.17. The molecule has 1 aromatic rings. The van der Waals surface area contributed by atoms with E-state index >= 15 is 0 Å². The zero-order chi connectivity index (χ0) is 10.9. The molecule has 0 amide bonds. The molecule has 0 heterocycles. The molecule has 3 heteroatoms. The first-order valence-electron chi connectivity index (χ1n) is 4.85. The summed E-state index contributed by atoms with van der Waals surface area (Å²) in [6.45, 7) is 0. The van der Waals surface area contributed by atoms with Crippen molar-refractivity contribution in [2.24, 2.45) is 11.5 Å². The Morgan fingerprint density at radius 1 is 1.20 bits per heavy atom. The van der Waals surface area contributed by atoms with E-state index in [1.165, 1.54) is 0 Å². The van der Waals surface area contributed by atoms with Gasteiger partial charge in [0.05, 0.1) is 0 Å². The average molecular weight is 202 g/mol. The number of allylic oxidation sites excluding steroid dienone is 1. The summed E-state index contributed by atoms with van der Waals surface area (Å²) < 4.78 is 0. The van der Waals surface area contributed by atoms with Gasteiger partial charge in [0.1, 0.15) is 5.72 Å². The van der Waals surface area contributed by atoms with Crippen LogP contribution in [-0.2, 0) is 0 Å². The Labute approximate surface area is 88.7 Å². The molecule has 0 fully saturated rings. The lowest BCUT2D eigenvalue weighted by molar-refractivity contribution is 0.111. The number of benzene rings is 1. The molecule has 1 aliphatic rings. The Hall–Kier alpha value is -1.58. The predicted octanol–water partition coefficient (Wildman–Crippen LogP) is 0.964. The van der Waals surface area contributed by atoms with Crippen molar-refractivity contribution in [3.63, 3.8) is 0 Å². The summed E-state index contributed by atoms with van der Waals surface area (Å²) in [4.78, 5) is 0. The van der Waals surface area contributed by atoms with E-state index in [2.05, 4.69) is 0 Å². The van der Waals surface area contributed by atoms with Crippen LogP contribution in [0, 0.1) is 0 Å². The van der Waals surface area contributed by atoms with Gasteiger partial charge in [0.15, 0.2) is 0 Å². The molecule has 3 nitrogen and oxygen atoms in total. The van der Waals surface area contributed by atoms with E-state index in [0.29, 0.717) is 17.7 Å². The minimum absolute atomic E-state index is 0.387. The zero-order valence-corrected chi connectivity index (χ0v) is 8.35. The maximum absolute atomic E-state index is 10.0. The number of rotatable bonds is 1. The van der Waals surface area contributed by atoms with Crippen LogP contribution in [0.1, 0.15) is 12.0 Å². The van der Waals surface area contributed by atoms with E-state index < -0.39 is 5.72 Å². The minimum atomic E-state index is -1.36. The summed E-state index contributed by atoms with van der Waals surface area (Å²) in [6, 6.07) is 9.47. The van der Waals surface area contributed by atoms with E-state index in [4.69, 9.17) is 11.5 Å². The zero-order valence-electron chi connectivity index (χ0n) is 8.35. The second-order valence-electron chi connectivity index (χ2n) is 3.73. The normalized spacial score (nSPS) is 25.7. The van der Waals surface area contributed by atoms with Gasteiger partial charge in [-0.15, -0.1) is 0 Å². The smallest absolute Gasteiger partial charge is 0.145 e. The molecule has 0 saturated heterocycles. The maximum atomic E-state index is 10.0. The second-order valence-corrected chi connectivity index (χ2v) is 3.73. The van der Waals surface area contributed by atoms with Crippen molar-refractivity contribution >= 4 is 5.57 Å². The largest absolute Gasteiger partial charge is 0.398 e. The summed E-state index contributed by atoms with van der Waals surface area (Å²) in [7, 11) is 0. The molecule has 0 aromatic heterocycles. The van der Waals surface area contributed by atoms with Gasteiger partial charge in [0.25, 0.3) is 0 Å². The van der Waals surface area contributed by atoms with Gasteiger partial charge in [-0.1, -0.05) is 36.4 Å². The van der Waals surface area contributed by atoms with Gasteiger partial charge in [0.2, 0.25) is 0 Å². The molecule has 0 aliphatic heterocycles. The van der Waals surface area contributed by atoms with Crippen molar-refractivity contribution in [1.29, 1.82) is 0 Å². The third kappa shape index (κ3) is 1.79. The van der Waals surface area contributed by atoms with Crippen molar-refractivity contribution in [3.05, 3.63) is 53.7 Å². The fourth-order valence-corrected chi connectivity index (χ4v) is 1.82. The summed E-state index contributed by atoms with van der Waals surface area (Å²) in [5.41, 5.74) is 12.3. The lowest BCUT2D eigenvalue weighted by Gasteiger charge is -2.29. The van der Waals surface area contributed by atoms with Crippen LogP contribution < -0.4 is 11.5 Å². The summed E-state index contributed by atoms with van der Waals surface area (Å²) in [6.07, 6.45) is 3.95. The molecule has 1 aliphatic carbocycles. The van der Waals surface area contributed by atoms with E-state index in [1.807, 2.05) is 30.3 Å². The molecule has 15 heavy (non-hydrogen) atoms. The Kier molecular flexibility index (Phi) is 2.34. The van der Waals surface area contributed by atoms with E-state index in [-0.39, 0.29) is 0 Å².